The van der Waals surface area contributed by atoms with E-state index in [0.29, 0.717) is 0 Å². The van der Waals surface area contributed by atoms with Crippen LogP contribution in [0.2, 0.25) is 0 Å². The maximum Gasteiger partial charge on any atom is 1.00 e. The molecule has 2 rings (SSSR count). The average molecular weight is 534 g/mol. The molecule has 1 N–H and O–H groups in total. The number of aliphatic hydroxyl groups excluding tert-OH is 1. The molecule has 12 heteroatoms. The van der Waals surface area contributed by atoms with Crippen LogP contribution in [0.3, 0.4) is 0 Å². The predicted molar refractivity (Wildman–Crippen MR) is 109 cm³/mol. The van der Waals surface area contributed by atoms with Crippen LogP contribution in [0.4, 0.5) is 8.78 Å². The van der Waals surface area contributed by atoms with E-state index < -0.39 is 16.6 Å². The number of carbonyl (C=O) groups excluding carboxylic acids is 1. The minimum absolute atomic E-state index is 0. The van der Waals surface area contributed by atoms with Gasteiger partial charge in [-0.25, -0.2) is 5.26 Å². The molecule has 0 aliphatic rings. The van der Waals surface area contributed by atoms with Gasteiger partial charge in [0.15, 0.2) is 0 Å². The number of aliphatic hydroxyl groups is 1. The van der Waals surface area contributed by atoms with Crippen LogP contribution in [0.25, 0.3) is 0 Å². The third-order valence-corrected chi connectivity index (χ3v) is 4.04. The molecule has 2 atom stereocenters. The first-order valence-electron chi connectivity index (χ1n) is 8.35. The molecule has 0 bridgehead atoms. The molecule has 0 spiro atoms. The molecule has 0 heterocycles. The molecule has 0 aliphatic carbocycles. The van der Waals surface area contributed by atoms with Gasteiger partial charge in [-0.2, -0.15) is 56.1 Å². The third-order valence-electron chi connectivity index (χ3n) is 3.21. The van der Waals surface area contributed by atoms with Crippen LogP contribution < -0.4 is 108 Å². The van der Waals surface area contributed by atoms with Crippen LogP contribution in [-0.2, 0) is 23.9 Å². The van der Waals surface area contributed by atoms with Gasteiger partial charge in [-0.3, -0.25) is 6.29 Å². The van der Waals surface area contributed by atoms with E-state index in [0.717, 1.165) is 0 Å². The monoisotopic (exact) mass is 533 g/mol. The predicted octanol–water partition coefficient (Wildman–Crippen LogP) is -2.31. The molecule has 2 aromatic rings. The smallest absolute Gasteiger partial charge is 0.541 e. The molecule has 0 saturated carbocycles. The maximum absolute atomic E-state index is 12.1. The van der Waals surface area contributed by atoms with Crippen molar-refractivity contribution in [1.82, 2.24) is 0 Å². The van der Waals surface area contributed by atoms with E-state index in [-0.39, 0.29) is 137 Å². The first kappa shape index (κ1) is 37.4. The summed E-state index contributed by atoms with van der Waals surface area (Å²) in [5, 5.41) is 16.9. The normalized spacial score (nSPS) is 10.6. The molecule has 2 unspecified atom stereocenters. The summed E-state index contributed by atoms with van der Waals surface area (Å²) in [5.41, 5.74) is 0.126. The number of alkyl halides is 2. The van der Waals surface area contributed by atoms with Crippen LogP contribution >= 0.6 is 9.24 Å². The number of nitrogens with zero attached hydrogens (tertiary/aromatic N) is 1. The largest absolute Gasteiger partial charge is 1.00 e. The molecule has 32 heavy (non-hydrogen) atoms. The van der Waals surface area contributed by atoms with Gasteiger partial charge >= 0.3 is 109 Å². The van der Waals surface area contributed by atoms with Gasteiger partial charge in [0.25, 0.3) is 0 Å². The molecule has 0 saturated heterocycles. The molecule has 2 aromatic carbocycles. The Labute approximate surface area is 276 Å². The summed E-state index contributed by atoms with van der Waals surface area (Å²) >= 11 is 0. The zero-order valence-corrected chi connectivity index (χ0v) is 26.4. The summed E-state index contributed by atoms with van der Waals surface area (Å²) in [6, 6.07) is 17.1. The summed E-state index contributed by atoms with van der Waals surface area (Å²) in [6.45, 7) is 3.68. The van der Waals surface area contributed by atoms with Crippen LogP contribution in [0.15, 0.2) is 47.4 Å². The van der Waals surface area contributed by atoms with E-state index in [2.05, 4.69) is 16.9 Å². The third kappa shape index (κ3) is 18.2. The summed E-state index contributed by atoms with van der Waals surface area (Å²) in [6.07, 6.45) is 1.75. The van der Waals surface area contributed by atoms with Crippen molar-refractivity contribution in [3.05, 3.63) is 60.2 Å². The SMILES string of the molecule is CC(C)C([C-]=O)CO.FC(F)(P)Oc1c[c-]ccc1.N#Cc1c[c-]ccc1[S-](=O)=O.[K+].[K+]. The molecule has 0 fully saturated rings. The zero-order chi connectivity index (χ0) is 23.2. The van der Waals surface area contributed by atoms with Gasteiger partial charge < -0.3 is 23.1 Å². The summed E-state index contributed by atoms with van der Waals surface area (Å²) in [4.78, 5) is 9.91. The average Bonchev–Trinajstić information content (AvgIpc) is 2.69. The fourth-order valence-electron chi connectivity index (χ4n) is 1.63. The van der Waals surface area contributed by atoms with Crippen molar-refractivity contribution in [2.75, 3.05) is 6.61 Å². The topological polar surface area (TPSA) is 104 Å². The van der Waals surface area contributed by atoms with Crippen molar-refractivity contribution in [3.8, 4) is 11.8 Å². The van der Waals surface area contributed by atoms with E-state index in [1.54, 1.807) is 24.5 Å². The van der Waals surface area contributed by atoms with Gasteiger partial charge in [-0.1, -0.05) is 36.0 Å². The standard InChI is InChI=1S/C7H6F2OP.C7H3NO2S.C6H11O2.2K/c8-7(9,11)10-6-4-2-1-3-5-6;8-5-6-3-1-2-4-7(6)11(9)10;1-5(2)6(3-7)4-8;;/h1-2,4-5H,11H2;2-4H;5-7H,3H2,1-2H3;;/q-1;-2;-1;2*+1. The summed E-state index contributed by atoms with van der Waals surface area (Å²) in [5.74, 6) is -3.19. The number of rotatable bonds is 6. The number of benzene rings is 2. The first-order valence-corrected chi connectivity index (χ1v) is 10.0. The number of ether oxygens (including phenoxy) is 1. The minimum atomic E-state index is -3.20. The van der Waals surface area contributed by atoms with Crippen molar-refractivity contribution in [2.24, 2.45) is 11.8 Å². The number of hydrogen-bond acceptors (Lipinski definition) is 7. The number of hydrogen-bond donors (Lipinski definition) is 1. The van der Waals surface area contributed by atoms with Gasteiger partial charge in [-0.05, 0) is 9.24 Å². The summed E-state index contributed by atoms with van der Waals surface area (Å²) < 4.78 is 49.3. The minimum Gasteiger partial charge on any atom is -0.541 e. The molecule has 0 aliphatic heterocycles. The van der Waals surface area contributed by atoms with Gasteiger partial charge in [0.05, 0.1) is 0 Å². The van der Waals surface area contributed by atoms with Crippen LogP contribution in [0.5, 0.6) is 5.75 Å². The van der Waals surface area contributed by atoms with Gasteiger partial charge in [0.2, 0.25) is 0 Å². The molecular weight excluding hydrogens is 513 g/mol. The number of nitriles is 1. The Hall–Kier alpha value is 0.873. The van der Waals surface area contributed by atoms with Crippen molar-refractivity contribution in [2.45, 2.75) is 24.6 Å². The van der Waals surface area contributed by atoms with E-state index in [1.165, 1.54) is 39.6 Å². The first-order chi connectivity index (χ1) is 14.1. The second kappa shape index (κ2) is 21.2. The van der Waals surface area contributed by atoms with Crippen molar-refractivity contribution in [1.29, 1.82) is 5.26 Å². The molecular formula is C20H20F2K2NO5PS-2. The van der Waals surface area contributed by atoms with Crippen LogP contribution in [0.1, 0.15) is 19.4 Å². The van der Waals surface area contributed by atoms with E-state index in [9.17, 15) is 22.0 Å². The second-order valence-corrected chi connectivity index (χ2v) is 7.40. The Kier molecular flexibility index (Phi) is 24.8. The maximum atomic E-state index is 12.1. The van der Waals surface area contributed by atoms with Crippen LogP contribution in [0, 0.1) is 35.3 Å². The van der Waals surface area contributed by atoms with E-state index in [4.69, 9.17) is 10.4 Å². The zero-order valence-electron chi connectivity index (χ0n) is 18.2. The molecule has 164 valence electrons. The van der Waals surface area contributed by atoms with Crippen molar-refractivity contribution < 1.29 is 135 Å². The van der Waals surface area contributed by atoms with Crippen LogP contribution in [-0.4, -0.2) is 23.8 Å². The number of halogens is 2. The summed E-state index contributed by atoms with van der Waals surface area (Å²) in [7, 11) is -1.04. The fourth-order valence-corrected chi connectivity index (χ4v) is 2.23. The Balaban J connectivity index is -0.000000388. The van der Waals surface area contributed by atoms with Gasteiger partial charge in [0.1, 0.15) is 0 Å². The molecule has 0 radical (unpaired) electrons. The molecule has 0 aromatic heterocycles. The second-order valence-electron chi connectivity index (χ2n) is 5.82. The Morgan fingerprint density at radius 1 is 1.25 bits per heavy atom. The fraction of sp³-hybridized carbons (Fsp3) is 0.300. The molecule has 0 amide bonds. The van der Waals surface area contributed by atoms with Crippen molar-refractivity contribution >= 4 is 26.2 Å². The van der Waals surface area contributed by atoms with E-state index >= 15 is 0 Å². The van der Waals surface area contributed by atoms with Crippen molar-refractivity contribution in [3.63, 3.8) is 0 Å². The van der Waals surface area contributed by atoms with E-state index in [1.807, 2.05) is 13.8 Å². The Morgan fingerprint density at radius 2 is 1.84 bits per heavy atom. The Morgan fingerprint density at radius 3 is 2.16 bits per heavy atom. The van der Waals surface area contributed by atoms with Gasteiger partial charge in [0, 0.05) is 18.4 Å². The molecule has 6 nitrogen and oxygen atoms in total. The Bertz CT molecular complexity index is 884. The quantitative estimate of drug-likeness (QED) is 0.194. The van der Waals surface area contributed by atoms with Gasteiger partial charge in [-0.15, -0.1) is 18.1 Å².